The third kappa shape index (κ3) is 2.97. The minimum atomic E-state index is -0.491. The summed E-state index contributed by atoms with van der Waals surface area (Å²) in [5, 5.41) is 2.99. The highest BCUT2D eigenvalue weighted by Gasteiger charge is 2.40. The van der Waals surface area contributed by atoms with Gasteiger partial charge in [-0.15, -0.1) is 6.58 Å². The summed E-state index contributed by atoms with van der Waals surface area (Å²) in [5.41, 5.74) is 5.78. The first-order chi connectivity index (χ1) is 9.08. The van der Waals surface area contributed by atoms with E-state index in [9.17, 15) is 9.59 Å². The van der Waals surface area contributed by atoms with Crippen molar-refractivity contribution in [1.29, 1.82) is 0 Å². The summed E-state index contributed by atoms with van der Waals surface area (Å²) in [6.07, 6.45) is 5.04. The third-order valence-corrected chi connectivity index (χ3v) is 4.07. The van der Waals surface area contributed by atoms with E-state index in [1.165, 1.54) is 0 Å². The molecule has 0 bridgehead atoms. The molecule has 5 heteroatoms. The second-order valence-electron chi connectivity index (χ2n) is 5.45. The fraction of sp³-hybridized carbons (Fsp3) is 0.714. The summed E-state index contributed by atoms with van der Waals surface area (Å²) < 4.78 is 0. The molecule has 1 saturated heterocycles. The van der Waals surface area contributed by atoms with Gasteiger partial charge in [-0.05, 0) is 31.6 Å². The van der Waals surface area contributed by atoms with E-state index in [-0.39, 0.29) is 23.9 Å². The maximum Gasteiger partial charge on any atom is 0.243 e. The Labute approximate surface area is 114 Å². The number of nitrogens with one attached hydrogen (secondary N) is 1. The second kappa shape index (κ2) is 5.74. The number of rotatable bonds is 5. The molecule has 0 aromatic carbocycles. The standard InChI is InChI=1S/C14H23N3O2/c1-3-9-8-11(9)16-13(18)12-6-5-7-17(12)14(19)10(15)4-2/h3,9-12H,1,4-8,15H2,2H3,(H,16,18)/t9?,10-,11+,12-/m0/s1. The van der Waals surface area contributed by atoms with Crippen molar-refractivity contribution in [1.82, 2.24) is 10.2 Å². The number of hydrogen-bond donors (Lipinski definition) is 2. The zero-order valence-electron chi connectivity index (χ0n) is 11.5. The summed E-state index contributed by atoms with van der Waals surface area (Å²) >= 11 is 0. The maximum absolute atomic E-state index is 12.2. The van der Waals surface area contributed by atoms with Crippen LogP contribution in [0.2, 0.25) is 0 Å². The fourth-order valence-electron chi connectivity index (χ4n) is 2.61. The number of amides is 2. The van der Waals surface area contributed by atoms with Crippen molar-refractivity contribution < 1.29 is 9.59 Å². The maximum atomic E-state index is 12.2. The molecule has 2 fully saturated rings. The molecule has 19 heavy (non-hydrogen) atoms. The normalized spacial score (nSPS) is 30.8. The quantitative estimate of drug-likeness (QED) is 0.707. The molecule has 5 nitrogen and oxygen atoms in total. The van der Waals surface area contributed by atoms with Crippen LogP contribution in [0.15, 0.2) is 12.7 Å². The molecule has 4 atom stereocenters. The molecule has 1 aliphatic heterocycles. The summed E-state index contributed by atoms with van der Waals surface area (Å²) in [5.74, 6) is 0.257. The Balaban J connectivity index is 1.92. The van der Waals surface area contributed by atoms with Crippen molar-refractivity contribution in [2.75, 3.05) is 6.54 Å². The highest BCUT2D eigenvalue weighted by Crippen LogP contribution is 2.31. The lowest BCUT2D eigenvalue weighted by molar-refractivity contribution is -0.139. The van der Waals surface area contributed by atoms with Crippen LogP contribution in [-0.4, -0.2) is 41.4 Å². The van der Waals surface area contributed by atoms with Crippen LogP contribution in [0.4, 0.5) is 0 Å². The Morgan fingerprint density at radius 2 is 2.32 bits per heavy atom. The van der Waals surface area contributed by atoms with Gasteiger partial charge in [-0.1, -0.05) is 13.0 Å². The SMILES string of the molecule is C=CC1C[C@H]1NC(=O)[C@@H]1CCCN1C(=O)[C@@H](N)CC. The molecule has 0 aromatic heterocycles. The van der Waals surface area contributed by atoms with Gasteiger partial charge < -0.3 is 16.0 Å². The predicted octanol–water partition coefficient (Wildman–Crippen LogP) is 0.405. The predicted molar refractivity (Wildman–Crippen MR) is 73.2 cm³/mol. The van der Waals surface area contributed by atoms with Crippen LogP contribution in [0.3, 0.4) is 0 Å². The number of nitrogens with zero attached hydrogens (tertiary/aromatic N) is 1. The van der Waals surface area contributed by atoms with Crippen LogP contribution in [0, 0.1) is 5.92 Å². The van der Waals surface area contributed by atoms with Gasteiger partial charge >= 0.3 is 0 Å². The summed E-state index contributed by atoms with van der Waals surface area (Å²) in [4.78, 5) is 26.0. The zero-order valence-corrected chi connectivity index (χ0v) is 11.5. The van der Waals surface area contributed by atoms with E-state index in [1.54, 1.807) is 4.90 Å². The lowest BCUT2D eigenvalue weighted by Gasteiger charge is -2.26. The van der Waals surface area contributed by atoms with Crippen molar-refractivity contribution in [2.45, 2.75) is 50.7 Å². The van der Waals surface area contributed by atoms with E-state index in [4.69, 9.17) is 5.73 Å². The van der Waals surface area contributed by atoms with Crippen LogP contribution >= 0.6 is 0 Å². The van der Waals surface area contributed by atoms with Crippen LogP contribution in [0.5, 0.6) is 0 Å². The molecule has 1 aliphatic carbocycles. The Morgan fingerprint density at radius 3 is 2.89 bits per heavy atom. The van der Waals surface area contributed by atoms with Crippen molar-refractivity contribution in [2.24, 2.45) is 11.7 Å². The molecule has 1 heterocycles. The lowest BCUT2D eigenvalue weighted by atomic mass is 10.1. The Kier molecular flexibility index (Phi) is 4.24. The van der Waals surface area contributed by atoms with Gasteiger partial charge in [-0.25, -0.2) is 0 Å². The van der Waals surface area contributed by atoms with Gasteiger partial charge in [-0.2, -0.15) is 0 Å². The molecular formula is C14H23N3O2. The average Bonchev–Trinajstić information content (AvgIpc) is 2.98. The van der Waals surface area contributed by atoms with E-state index in [2.05, 4.69) is 11.9 Å². The molecule has 0 aromatic rings. The van der Waals surface area contributed by atoms with E-state index in [0.717, 1.165) is 19.3 Å². The minimum Gasteiger partial charge on any atom is -0.351 e. The van der Waals surface area contributed by atoms with Gasteiger partial charge in [0.2, 0.25) is 11.8 Å². The molecule has 106 valence electrons. The molecule has 2 amide bonds. The van der Waals surface area contributed by atoms with Gasteiger partial charge in [-0.3, -0.25) is 9.59 Å². The smallest absolute Gasteiger partial charge is 0.243 e. The molecule has 2 aliphatic rings. The Morgan fingerprint density at radius 1 is 1.58 bits per heavy atom. The molecular weight excluding hydrogens is 242 g/mol. The van der Waals surface area contributed by atoms with E-state index in [0.29, 0.717) is 18.9 Å². The Bertz CT molecular complexity index is 383. The molecule has 1 saturated carbocycles. The van der Waals surface area contributed by atoms with E-state index in [1.807, 2.05) is 13.0 Å². The topological polar surface area (TPSA) is 75.4 Å². The van der Waals surface area contributed by atoms with Crippen molar-refractivity contribution in [3.05, 3.63) is 12.7 Å². The first-order valence-electron chi connectivity index (χ1n) is 7.07. The molecule has 3 N–H and O–H groups in total. The number of hydrogen-bond acceptors (Lipinski definition) is 3. The third-order valence-electron chi connectivity index (χ3n) is 4.07. The van der Waals surface area contributed by atoms with Gasteiger partial charge in [0, 0.05) is 12.6 Å². The molecule has 2 rings (SSSR count). The summed E-state index contributed by atoms with van der Waals surface area (Å²) in [6.45, 7) is 6.24. The zero-order chi connectivity index (χ0) is 14.0. The highest BCUT2D eigenvalue weighted by atomic mass is 16.2. The molecule has 0 radical (unpaired) electrons. The van der Waals surface area contributed by atoms with Crippen LogP contribution < -0.4 is 11.1 Å². The second-order valence-corrected chi connectivity index (χ2v) is 5.45. The number of carbonyl (C=O) groups excluding carboxylic acids is 2. The van der Waals surface area contributed by atoms with Crippen molar-refractivity contribution >= 4 is 11.8 Å². The van der Waals surface area contributed by atoms with Gasteiger partial charge in [0.15, 0.2) is 0 Å². The number of likely N-dealkylation sites (tertiary alicyclic amines) is 1. The number of nitrogens with two attached hydrogens (primary N) is 1. The van der Waals surface area contributed by atoms with Gasteiger partial charge in [0.05, 0.1) is 6.04 Å². The highest BCUT2D eigenvalue weighted by molar-refractivity contribution is 5.90. The Hall–Kier alpha value is -1.36. The van der Waals surface area contributed by atoms with Crippen molar-refractivity contribution in [3.63, 3.8) is 0 Å². The fourth-order valence-corrected chi connectivity index (χ4v) is 2.61. The number of carbonyl (C=O) groups is 2. The summed E-state index contributed by atoms with van der Waals surface area (Å²) in [7, 11) is 0. The lowest BCUT2D eigenvalue weighted by Crippen LogP contribution is -2.51. The van der Waals surface area contributed by atoms with Crippen LogP contribution in [0.25, 0.3) is 0 Å². The summed E-state index contributed by atoms with van der Waals surface area (Å²) in [6, 6.07) is -0.617. The largest absolute Gasteiger partial charge is 0.351 e. The van der Waals surface area contributed by atoms with E-state index < -0.39 is 6.04 Å². The first-order valence-corrected chi connectivity index (χ1v) is 7.07. The van der Waals surface area contributed by atoms with E-state index >= 15 is 0 Å². The molecule has 1 unspecified atom stereocenters. The minimum absolute atomic E-state index is 0.0384. The van der Waals surface area contributed by atoms with Crippen LogP contribution in [0.1, 0.15) is 32.6 Å². The average molecular weight is 265 g/mol. The van der Waals surface area contributed by atoms with Crippen molar-refractivity contribution in [3.8, 4) is 0 Å². The van der Waals surface area contributed by atoms with Crippen LogP contribution in [-0.2, 0) is 9.59 Å². The first kappa shape index (κ1) is 14.1. The monoisotopic (exact) mass is 265 g/mol. The molecule has 0 spiro atoms. The van der Waals surface area contributed by atoms with Gasteiger partial charge in [0.1, 0.15) is 6.04 Å². The van der Waals surface area contributed by atoms with Gasteiger partial charge in [0.25, 0.3) is 0 Å².